The molecule has 35 heavy (non-hydrogen) atoms. The van der Waals surface area contributed by atoms with Gasteiger partial charge in [-0.25, -0.2) is 4.79 Å². The van der Waals surface area contributed by atoms with E-state index in [9.17, 15) is 13.2 Å². The van der Waals surface area contributed by atoms with Crippen molar-refractivity contribution in [2.24, 2.45) is 0 Å². The van der Waals surface area contributed by atoms with Crippen LogP contribution in [0.1, 0.15) is 30.9 Å². The molecule has 2 aliphatic heterocycles. The molecule has 0 unspecified atom stereocenters. The second-order valence-electron chi connectivity index (χ2n) is 8.94. The number of benzene rings is 1. The first-order valence-electron chi connectivity index (χ1n) is 11.5. The topological polar surface area (TPSA) is 78.8 Å². The summed E-state index contributed by atoms with van der Waals surface area (Å²) >= 11 is 6.05. The summed E-state index contributed by atoms with van der Waals surface area (Å²) in [4.78, 5) is 14.0. The maximum absolute atomic E-state index is 10.6. The van der Waals surface area contributed by atoms with E-state index >= 15 is 0 Å². The van der Waals surface area contributed by atoms with Crippen molar-refractivity contribution < 1.29 is 27.8 Å². The third-order valence-electron chi connectivity index (χ3n) is 6.17. The number of piperidine rings is 1. The number of aliphatic carboxylic acids is 1. The number of morpholine rings is 1. The third kappa shape index (κ3) is 8.05. The summed E-state index contributed by atoms with van der Waals surface area (Å²) in [5.74, 6) is -1.75. The van der Waals surface area contributed by atoms with Crippen LogP contribution in [0.2, 0.25) is 5.02 Å². The molecule has 0 amide bonds. The molecule has 0 radical (unpaired) electrons. The molecule has 2 fully saturated rings. The highest BCUT2D eigenvalue weighted by atomic mass is 35.5. The van der Waals surface area contributed by atoms with Crippen LogP contribution in [0, 0.1) is 6.92 Å². The van der Waals surface area contributed by atoms with E-state index in [-0.39, 0.29) is 0 Å². The summed E-state index contributed by atoms with van der Waals surface area (Å²) in [7, 11) is 0. The molecule has 0 aliphatic carbocycles. The SMILES string of the molecule is Cc1cnnc(N2CCC(N3C[C@H](C)OC[C@@H]3Cc3ccc(Cl)cc3)CC2)c1.O=C(O)C(F)(F)F. The lowest BCUT2D eigenvalue weighted by Crippen LogP contribution is -2.56. The van der Waals surface area contributed by atoms with Crippen molar-refractivity contribution in [3.05, 3.63) is 52.7 Å². The first-order valence-corrected chi connectivity index (χ1v) is 11.9. The van der Waals surface area contributed by atoms with Crippen LogP contribution in [0.15, 0.2) is 36.5 Å². The van der Waals surface area contributed by atoms with Crippen LogP contribution in [0.3, 0.4) is 0 Å². The Balaban J connectivity index is 0.000000429. The minimum Gasteiger partial charge on any atom is -0.475 e. The highest BCUT2D eigenvalue weighted by Gasteiger charge is 2.38. The number of anilines is 1. The van der Waals surface area contributed by atoms with Gasteiger partial charge in [0, 0.05) is 36.7 Å². The van der Waals surface area contributed by atoms with Crippen molar-refractivity contribution in [1.29, 1.82) is 0 Å². The lowest BCUT2D eigenvalue weighted by atomic mass is 9.96. The van der Waals surface area contributed by atoms with E-state index in [0.717, 1.165) is 61.9 Å². The fourth-order valence-corrected chi connectivity index (χ4v) is 4.54. The van der Waals surface area contributed by atoms with E-state index in [4.69, 9.17) is 26.2 Å². The van der Waals surface area contributed by atoms with Gasteiger partial charge in [-0.05, 0) is 62.4 Å². The summed E-state index contributed by atoms with van der Waals surface area (Å²) in [6.07, 6.45) is 0.334. The van der Waals surface area contributed by atoms with Gasteiger partial charge in [-0.15, -0.1) is 5.10 Å². The number of aromatic nitrogens is 2. The van der Waals surface area contributed by atoms with Crippen molar-refractivity contribution in [1.82, 2.24) is 15.1 Å². The van der Waals surface area contributed by atoms with Crippen LogP contribution in [-0.4, -0.2) is 76.8 Å². The zero-order valence-electron chi connectivity index (χ0n) is 19.7. The molecule has 1 aromatic carbocycles. The van der Waals surface area contributed by atoms with E-state index in [1.54, 1.807) is 0 Å². The van der Waals surface area contributed by atoms with Crippen molar-refractivity contribution in [3.63, 3.8) is 0 Å². The summed E-state index contributed by atoms with van der Waals surface area (Å²) in [5, 5.41) is 16.4. The molecule has 0 saturated carbocycles. The molecule has 2 aromatic rings. The Hall–Kier alpha value is -2.43. The Kier molecular flexibility index (Phi) is 9.32. The fourth-order valence-electron chi connectivity index (χ4n) is 4.42. The summed E-state index contributed by atoms with van der Waals surface area (Å²) in [6, 6.07) is 11.4. The Labute approximate surface area is 207 Å². The first kappa shape index (κ1) is 27.2. The average Bonchev–Trinajstić information content (AvgIpc) is 2.81. The molecular weight excluding hydrogens is 485 g/mol. The van der Waals surface area contributed by atoms with Crippen LogP contribution in [0.4, 0.5) is 19.0 Å². The average molecular weight is 515 g/mol. The lowest BCUT2D eigenvalue weighted by molar-refractivity contribution is -0.192. The van der Waals surface area contributed by atoms with Gasteiger partial charge in [0.2, 0.25) is 0 Å². The molecule has 192 valence electrons. The molecule has 0 spiro atoms. The predicted octanol–water partition coefficient (Wildman–Crippen LogP) is 4.37. The predicted molar refractivity (Wildman–Crippen MR) is 127 cm³/mol. The van der Waals surface area contributed by atoms with E-state index < -0.39 is 12.1 Å². The number of hydrogen-bond acceptors (Lipinski definition) is 6. The van der Waals surface area contributed by atoms with Crippen LogP contribution in [0.25, 0.3) is 0 Å². The first-order chi connectivity index (χ1) is 16.5. The fraction of sp³-hybridized carbons (Fsp3) is 0.542. The zero-order valence-corrected chi connectivity index (χ0v) is 20.5. The monoisotopic (exact) mass is 514 g/mol. The van der Waals surface area contributed by atoms with Gasteiger partial charge in [0.1, 0.15) is 0 Å². The normalized spacial score (nSPS) is 21.8. The molecule has 2 aliphatic rings. The standard InChI is InChI=1S/C22H29ClN4O.C2HF3O2/c1-16-11-22(25-24-13-16)26-9-7-20(8-10-26)27-14-17(2)28-15-21(27)12-18-3-5-19(23)6-4-18;3-2(4,5)1(6)7/h3-6,11,13,17,20-21H,7-10,12,14-15H2,1-2H3;(H,6,7)/t17-,21-;/m0./s1. The number of alkyl halides is 3. The molecule has 4 rings (SSSR count). The number of ether oxygens (including phenoxy) is 1. The molecular formula is C24H30ClF3N4O3. The van der Waals surface area contributed by atoms with E-state index in [2.05, 4.69) is 52.0 Å². The Bertz CT molecular complexity index is 969. The molecule has 1 aromatic heterocycles. The second-order valence-corrected chi connectivity index (χ2v) is 9.37. The number of halogens is 4. The van der Waals surface area contributed by atoms with Crippen molar-refractivity contribution in [2.45, 2.75) is 57.5 Å². The van der Waals surface area contributed by atoms with Gasteiger partial charge in [0.15, 0.2) is 5.82 Å². The van der Waals surface area contributed by atoms with E-state index in [0.29, 0.717) is 18.2 Å². The maximum atomic E-state index is 10.6. The van der Waals surface area contributed by atoms with Crippen LogP contribution >= 0.6 is 11.6 Å². The summed E-state index contributed by atoms with van der Waals surface area (Å²) < 4.78 is 37.8. The Morgan fingerprint density at radius 3 is 2.43 bits per heavy atom. The van der Waals surface area contributed by atoms with Gasteiger partial charge in [0.25, 0.3) is 0 Å². The number of aryl methyl sites for hydroxylation is 1. The van der Waals surface area contributed by atoms with Crippen molar-refractivity contribution in [3.8, 4) is 0 Å². The number of carboxylic acid groups (broad SMARTS) is 1. The maximum Gasteiger partial charge on any atom is 0.490 e. The Morgan fingerprint density at radius 1 is 1.23 bits per heavy atom. The third-order valence-corrected chi connectivity index (χ3v) is 6.42. The van der Waals surface area contributed by atoms with Gasteiger partial charge in [-0.2, -0.15) is 18.3 Å². The smallest absolute Gasteiger partial charge is 0.475 e. The van der Waals surface area contributed by atoms with Crippen LogP contribution in [0.5, 0.6) is 0 Å². The molecule has 3 heterocycles. The summed E-state index contributed by atoms with van der Waals surface area (Å²) in [5.41, 5.74) is 2.49. The zero-order chi connectivity index (χ0) is 25.6. The van der Waals surface area contributed by atoms with Crippen molar-refractivity contribution >= 4 is 23.4 Å². The minimum absolute atomic E-state index is 0.294. The molecule has 2 atom stereocenters. The number of carbonyl (C=O) groups is 1. The molecule has 2 saturated heterocycles. The molecule has 1 N–H and O–H groups in total. The van der Waals surface area contributed by atoms with Gasteiger partial charge in [-0.1, -0.05) is 23.7 Å². The molecule has 11 heteroatoms. The highest BCUT2D eigenvalue weighted by Crippen LogP contribution is 2.27. The Morgan fingerprint density at radius 2 is 1.86 bits per heavy atom. The minimum atomic E-state index is -5.08. The van der Waals surface area contributed by atoms with Crippen LogP contribution in [-0.2, 0) is 16.0 Å². The van der Waals surface area contributed by atoms with Gasteiger partial charge < -0.3 is 14.7 Å². The number of nitrogens with zero attached hydrogens (tertiary/aromatic N) is 4. The largest absolute Gasteiger partial charge is 0.490 e. The quantitative estimate of drug-likeness (QED) is 0.649. The van der Waals surface area contributed by atoms with Gasteiger partial charge in [0.05, 0.1) is 18.9 Å². The van der Waals surface area contributed by atoms with E-state index in [1.165, 1.54) is 5.56 Å². The van der Waals surface area contributed by atoms with Gasteiger partial charge >= 0.3 is 12.1 Å². The lowest BCUT2D eigenvalue weighted by Gasteiger charge is -2.46. The van der Waals surface area contributed by atoms with Crippen molar-refractivity contribution in [2.75, 3.05) is 31.1 Å². The molecule has 0 bridgehead atoms. The number of rotatable bonds is 4. The highest BCUT2D eigenvalue weighted by molar-refractivity contribution is 6.30. The summed E-state index contributed by atoms with van der Waals surface area (Å²) in [6.45, 7) is 8.12. The molecule has 7 nitrogen and oxygen atoms in total. The van der Waals surface area contributed by atoms with Crippen LogP contribution < -0.4 is 4.90 Å². The van der Waals surface area contributed by atoms with Gasteiger partial charge in [-0.3, -0.25) is 4.90 Å². The van der Waals surface area contributed by atoms with E-state index in [1.807, 2.05) is 18.3 Å². The second kappa shape index (κ2) is 12.0. The number of hydrogen-bond donors (Lipinski definition) is 1. The number of carboxylic acids is 1.